The second kappa shape index (κ2) is 17.6. The van der Waals surface area contributed by atoms with Crippen LogP contribution in [0.1, 0.15) is 51.9 Å². The first-order chi connectivity index (χ1) is 30.1. The summed E-state index contributed by atoms with van der Waals surface area (Å²) in [5, 5.41) is 6.48. The van der Waals surface area contributed by atoms with Gasteiger partial charge < -0.3 is 39.1 Å². The molecular weight excluding hydrogens is 807 g/mol. The van der Waals surface area contributed by atoms with Gasteiger partial charge in [0.25, 0.3) is 0 Å². The number of rotatable bonds is 10. The van der Waals surface area contributed by atoms with Gasteiger partial charge in [-0.2, -0.15) is 0 Å². The number of nitrogens with zero attached hydrogens (tertiary/aromatic N) is 2. The number of sulfonamides is 1. The van der Waals surface area contributed by atoms with Crippen molar-refractivity contribution >= 4 is 21.4 Å². The van der Waals surface area contributed by atoms with E-state index in [4.69, 9.17) is 28.4 Å². The highest BCUT2D eigenvalue weighted by Gasteiger charge is 2.35. The topological polar surface area (TPSA) is 132 Å². The summed E-state index contributed by atoms with van der Waals surface area (Å²) in [5.41, 5.74) is 8.21. The number of fused-ring (bicyclic) bond motifs is 3. The van der Waals surface area contributed by atoms with Gasteiger partial charge in [0.1, 0.15) is 10.6 Å². The van der Waals surface area contributed by atoms with Crippen LogP contribution in [0.2, 0.25) is 0 Å². The second-order valence-electron chi connectivity index (χ2n) is 16.4. The van der Waals surface area contributed by atoms with E-state index in [0.29, 0.717) is 71.1 Å². The van der Waals surface area contributed by atoms with Crippen molar-refractivity contribution in [3.05, 3.63) is 112 Å². The third-order valence-electron chi connectivity index (χ3n) is 12.6. The second-order valence-corrected chi connectivity index (χ2v) is 18.1. The smallest absolute Gasteiger partial charge is 0.242 e. The van der Waals surface area contributed by atoms with Crippen molar-refractivity contribution in [1.82, 2.24) is 14.5 Å². The first-order valence-electron chi connectivity index (χ1n) is 21.3. The number of methoxy groups -OCH3 is 3. The highest BCUT2D eigenvalue weighted by atomic mass is 32.2. The number of para-hydroxylation sites is 1. The van der Waals surface area contributed by atoms with E-state index in [1.165, 1.54) is 16.7 Å². The summed E-state index contributed by atoms with van der Waals surface area (Å²) in [4.78, 5) is 4.99. The molecule has 0 amide bonds. The molecule has 326 valence electrons. The monoisotopic (exact) mass is 861 g/mol. The Morgan fingerprint density at radius 2 is 1.45 bits per heavy atom. The maximum absolute atomic E-state index is 13.4. The summed E-state index contributed by atoms with van der Waals surface area (Å²) < 4.78 is 67.6. The molecule has 0 fully saturated rings. The van der Waals surface area contributed by atoms with E-state index in [1.807, 2.05) is 30.3 Å². The van der Waals surface area contributed by atoms with Crippen LogP contribution in [0.15, 0.2) is 83.8 Å². The highest BCUT2D eigenvalue weighted by molar-refractivity contribution is 7.89. The minimum Gasteiger partial charge on any atom is -0.493 e. The fourth-order valence-electron chi connectivity index (χ4n) is 9.23. The van der Waals surface area contributed by atoms with Crippen LogP contribution in [0, 0.1) is 0 Å². The lowest BCUT2D eigenvalue weighted by atomic mass is 9.87. The van der Waals surface area contributed by atoms with Crippen molar-refractivity contribution in [1.29, 1.82) is 0 Å². The van der Waals surface area contributed by atoms with E-state index in [-0.39, 0.29) is 30.1 Å². The van der Waals surface area contributed by atoms with Crippen LogP contribution < -0.4 is 43.8 Å². The van der Waals surface area contributed by atoms with Gasteiger partial charge in [-0.05, 0) is 129 Å². The van der Waals surface area contributed by atoms with Gasteiger partial charge in [0.2, 0.25) is 15.8 Å². The first kappa shape index (κ1) is 41.7. The zero-order valence-electron chi connectivity index (χ0n) is 36.0. The maximum atomic E-state index is 13.4. The third-order valence-corrected chi connectivity index (χ3v) is 14.1. The summed E-state index contributed by atoms with van der Waals surface area (Å²) in [6.45, 7) is 3.61. The lowest BCUT2D eigenvalue weighted by Crippen LogP contribution is -2.34. The molecule has 5 aromatic carbocycles. The third kappa shape index (κ3) is 8.19. The van der Waals surface area contributed by atoms with Crippen molar-refractivity contribution in [2.24, 2.45) is 0 Å². The Morgan fingerprint density at radius 1 is 0.742 bits per heavy atom. The Hall–Kier alpha value is -5.67. The molecule has 5 aliphatic heterocycles. The van der Waals surface area contributed by atoms with Gasteiger partial charge >= 0.3 is 0 Å². The first-order valence-corrected chi connectivity index (χ1v) is 22.8. The number of benzene rings is 5. The van der Waals surface area contributed by atoms with Gasteiger partial charge in [-0.25, -0.2) is 13.1 Å². The molecule has 14 heteroatoms. The van der Waals surface area contributed by atoms with E-state index in [9.17, 15) is 8.42 Å². The Labute approximate surface area is 364 Å². The summed E-state index contributed by atoms with van der Waals surface area (Å²) in [7, 11) is 5.57. The molecule has 2 atom stereocenters. The van der Waals surface area contributed by atoms with Crippen LogP contribution in [0.3, 0.4) is 0 Å². The molecule has 62 heavy (non-hydrogen) atoms. The zero-order chi connectivity index (χ0) is 43.0. The standard InChI is InChI=1S/C48H55N5O8S/c1-52-21-16-32-27-40(56-3)42-29-35(32)37(52)24-30-10-13-34(14-11-30)60-41-26-31(25-38-45-33(17-22-53(38)2)28-43(57-4)47(58-5)48(45)61-42)12-15-39(41)59-23-7-18-51-62(54,55)44-9-6-8-36-46(44)50-20-19-49-36/h6,8-15,26-29,37-38,49-51H,7,16-25H2,1-5H3/t37-,38+/m0/s1. The van der Waals surface area contributed by atoms with Gasteiger partial charge in [0.05, 0.1) is 39.3 Å². The predicted octanol–water partition coefficient (Wildman–Crippen LogP) is 7.74. The molecule has 5 aromatic rings. The molecule has 0 spiro atoms. The molecule has 0 saturated carbocycles. The number of nitrogens with one attached hydrogen (secondary N) is 3. The van der Waals surface area contributed by atoms with Crippen molar-refractivity contribution < 1.29 is 36.8 Å². The molecule has 0 saturated heterocycles. The summed E-state index contributed by atoms with van der Waals surface area (Å²) >= 11 is 0. The highest BCUT2D eigenvalue weighted by Crippen LogP contribution is 2.52. The molecule has 13 nitrogen and oxygen atoms in total. The molecule has 0 aliphatic carbocycles. The summed E-state index contributed by atoms with van der Waals surface area (Å²) in [6.07, 6.45) is 3.57. The van der Waals surface area contributed by atoms with Crippen LogP contribution in [0.25, 0.3) is 0 Å². The fraction of sp³-hybridized carbons (Fsp3) is 0.375. The van der Waals surface area contributed by atoms with Crippen LogP contribution in [0.4, 0.5) is 11.4 Å². The van der Waals surface area contributed by atoms with Gasteiger partial charge in [0.15, 0.2) is 34.5 Å². The molecule has 3 N–H and O–H groups in total. The van der Waals surface area contributed by atoms with E-state index >= 15 is 0 Å². The number of likely N-dealkylation sites (N-methyl/N-ethyl adjacent to an activating group) is 2. The Bertz CT molecular complexity index is 2570. The Kier molecular flexibility index (Phi) is 11.8. The largest absolute Gasteiger partial charge is 0.493 e. The SMILES string of the molecule is COc1cc2c3cc1Oc1c(OC)c(OC)cc4c1[C@@H](Cc1ccc(OCCCNS(=O)(=O)c5cccc6c5NCCN6)c(c1)Oc1ccc(cc1)C[C@@H]3N(C)CC2)N(C)CC4. The minimum absolute atomic E-state index is 0.0944. The molecule has 5 aliphatic rings. The number of anilines is 2. The van der Waals surface area contributed by atoms with Crippen LogP contribution in [-0.4, -0.2) is 93.0 Å². The number of hydrogen-bond acceptors (Lipinski definition) is 12. The average molecular weight is 862 g/mol. The molecule has 6 bridgehead atoms. The molecule has 10 rings (SSSR count). The van der Waals surface area contributed by atoms with Crippen LogP contribution in [0.5, 0.6) is 46.0 Å². The Morgan fingerprint density at radius 3 is 2.24 bits per heavy atom. The van der Waals surface area contributed by atoms with Crippen LogP contribution in [-0.2, 0) is 35.7 Å². The van der Waals surface area contributed by atoms with Crippen LogP contribution >= 0.6 is 0 Å². The van der Waals surface area contributed by atoms with Gasteiger partial charge in [0, 0.05) is 50.4 Å². The van der Waals surface area contributed by atoms with Crippen molar-refractivity contribution in [3.8, 4) is 46.0 Å². The summed E-state index contributed by atoms with van der Waals surface area (Å²) in [6, 6.07) is 26.0. The van der Waals surface area contributed by atoms with E-state index in [2.05, 4.69) is 75.6 Å². The molecular formula is C48H55N5O8S. The minimum atomic E-state index is -3.75. The van der Waals surface area contributed by atoms with Gasteiger partial charge in [-0.15, -0.1) is 0 Å². The molecule has 0 aromatic heterocycles. The summed E-state index contributed by atoms with van der Waals surface area (Å²) in [5.74, 6) is 4.88. The van der Waals surface area contributed by atoms with Gasteiger partial charge in [-0.1, -0.05) is 24.3 Å². The molecule has 0 radical (unpaired) electrons. The number of hydrogen-bond donors (Lipinski definition) is 3. The quantitative estimate of drug-likeness (QED) is 0.119. The molecule has 0 unspecified atom stereocenters. The molecule has 5 heterocycles. The lowest BCUT2D eigenvalue weighted by Gasteiger charge is -2.37. The number of ether oxygens (including phenoxy) is 6. The Balaban J connectivity index is 1.05. The van der Waals surface area contributed by atoms with Crippen molar-refractivity contribution in [2.75, 3.05) is 85.4 Å². The lowest BCUT2D eigenvalue weighted by molar-refractivity contribution is 0.220. The van der Waals surface area contributed by atoms with E-state index in [1.54, 1.807) is 33.5 Å². The van der Waals surface area contributed by atoms with Gasteiger partial charge in [-0.3, -0.25) is 9.80 Å². The van der Waals surface area contributed by atoms with Crippen molar-refractivity contribution in [3.63, 3.8) is 0 Å². The normalized spacial score (nSPS) is 18.3. The van der Waals surface area contributed by atoms with E-state index in [0.717, 1.165) is 61.3 Å². The fourth-order valence-corrected chi connectivity index (χ4v) is 10.5. The average Bonchev–Trinajstić information content (AvgIpc) is 3.28. The van der Waals surface area contributed by atoms with Crippen molar-refractivity contribution in [2.45, 2.75) is 49.1 Å². The van der Waals surface area contributed by atoms with E-state index < -0.39 is 10.0 Å². The zero-order valence-corrected chi connectivity index (χ0v) is 36.8. The maximum Gasteiger partial charge on any atom is 0.242 e. The predicted molar refractivity (Wildman–Crippen MR) is 240 cm³/mol.